The fourth-order valence-electron chi connectivity index (χ4n) is 2.91. The summed E-state index contributed by atoms with van der Waals surface area (Å²) < 4.78 is 0. The third-order valence-corrected chi connectivity index (χ3v) is 3.99. The van der Waals surface area contributed by atoms with Gasteiger partial charge in [-0.25, -0.2) is 4.98 Å². The van der Waals surface area contributed by atoms with Gasteiger partial charge in [0.05, 0.1) is 11.1 Å². The van der Waals surface area contributed by atoms with Crippen molar-refractivity contribution in [2.45, 2.75) is 18.9 Å². The van der Waals surface area contributed by atoms with E-state index < -0.39 is 5.91 Å². The first-order valence-corrected chi connectivity index (χ1v) is 7.29. The summed E-state index contributed by atoms with van der Waals surface area (Å²) in [5.41, 5.74) is 6.89. The van der Waals surface area contributed by atoms with Crippen molar-refractivity contribution < 1.29 is 4.79 Å². The molecule has 0 radical (unpaired) electrons. The molecule has 0 saturated carbocycles. The van der Waals surface area contributed by atoms with Crippen molar-refractivity contribution in [2.75, 3.05) is 25.0 Å². The summed E-state index contributed by atoms with van der Waals surface area (Å²) in [4.78, 5) is 18.4. The minimum atomic E-state index is -0.436. The van der Waals surface area contributed by atoms with E-state index in [2.05, 4.69) is 10.3 Å². The minimum absolute atomic E-state index is 0.436. The van der Waals surface area contributed by atoms with Gasteiger partial charge in [-0.15, -0.1) is 0 Å². The van der Waals surface area contributed by atoms with Crippen molar-refractivity contribution in [3.05, 3.63) is 35.9 Å². The highest BCUT2D eigenvalue weighted by atomic mass is 16.1. The summed E-state index contributed by atoms with van der Waals surface area (Å²) in [6.07, 6.45) is 2.36. The summed E-state index contributed by atoms with van der Waals surface area (Å²) in [6, 6.07) is 10.0. The molecule has 5 nitrogen and oxygen atoms in total. The number of nitrogens with zero attached hydrogens (tertiary/aromatic N) is 2. The quantitative estimate of drug-likeness (QED) is 0.893. The number of hydrogen-bond acceptors (Lipinski definition) is 4. The number of fused-ring (bicyclic) bond motifs is 1. The molecule has 1 aromatic heterocycles. The molecule has 1 saturated heterocycles. The Morgan fingerprint density at radius 1 is 1.48 bits per heavy atom. The number of likely N-dealkylation sites (N-methyl/N-ethyl adjacent to an activating group) is 1. The van der Waals surface area contributed by atoms with Gasteiger partial charge in [0.1, 0.15) is 5.82 Å². The predicted octanol–water partition coefficient (Wildman–Crippen LogP) is 1.52. The SMILES string of the molecule is CN(CC1CCCN1)c1nc2ccccc2cc1C(N)=O. The van der Waals surface area contributed by atoms with Crippen LogP contribution in [0.3, 0.4) is 0 Å². The largest absolute Gasteiger partial charge is 0.365 e. The number of rotatable bonds is 4. The molecule has 2 heterocycles. The van der Waals surface area contributed by atoms with Crippen LogP contribution in [-0.4, -0.2) is 37.1 Å². The van der Waals surface area contributed by atoms with Crippen LogP contribution in [0.15, 0.2) is 30.3 Å². The molecule has 0 aliphatic carbocycles. The lowest BCUT2D eigenvalue weighted by atomic mass is 10.1. The number of nitrogens with two attached hydrogens (primary N) is 1. The molecule has 1 fully saturated rings. The number of carbonyl (C=O) groups excluding carboxylic acids is 1. The topological polar surface area (TPSA) is 71.2 Å². The summed E-state index contributed by atoms with van der Waals surface area (Å²) in [5, 5.41) is 4.39. The van der Waals surface area contributed by atoms with Gasteiger partial charge in [0.25, 0.3) is 5.91 Å². The highest BCUT2D eigenvalue weighted by molar-refractivity contribution is 6.01. The Morgan fingerprint density at radius 3 is 3.00 bits per heavy atom. The van der Waals surface area contributed by atoms with Crippen LogP contribution in [0.1, 0.15) is 23.2 Å². The highest BCUT2D eigenvalue weighted by Gasteiger charge is 2.20. The van der Waals surface area contributed by atoms with E-state index in [1.165, 1.54) is 6.42 Å². The average Bonchev–Trinajstić information content (AvgIpc) is 2.98. The van der Waals surface area contributed by atoms with E-state index in [0.717, 1.165) is 30.4 Å². The number of nitrogens with one attached hydrogen (secondary N) is 1. The fraction of sp³-hybridized carbons (Fsp3) is 0.375. The molecule has 1 amide bonds. The standard InChI is InChI=1S/C16H20N4O/c1-20(10-12-6-4-8-18-12)16-13(15(17)21)9-11-5-2-3-7-14(11)19-16/h2-3,5,7,9,12,18H,4,6,8,10H2,1H3,(H2,17,21). The van der Waals surface area contributed by atoms with Crippen molar-refractivity contribution in [1.82, 2.24) is 10.3 Å². The molecule has 1 aliphatic rings. The zero-order valence-electron chi connectivity index (χ0n) is 12.2. The first kappa shape index (κ1) is 13.8. The molecule has 1 aromatic carbocycles. The Morgan fingerprint density at radius 2 is 2.29 bits per heavy atom. The van der Waals surface area contributed by atoms with E-state index >= 15 is 0 Å². The molecule has 1 unspecified atom stereocenters. The van der Waals surface area contributed by atoms with Crippen molar-refractivity contribution in [3.63, 3.8) is 0 Å². The number of amides is 1. The molecular weight excluding hydrogens is 264 g/mol. The van der Waals surface area contributed by atoms with Crippen LogP contribution in [0.4, 0.5) is 5.82 Å². The predicted molar refractivity (Wildman–Crippen MR) is 84.6 cm³/mol. The van der Waals surface area contributed by atoms with Gasteiger partial charge in [-0.1, -0.05) is 18.2 Å². The third kappa shape index (κ3) is 2.83. The molecule has 3 rings (SSSR count). The minimum Gasteiger partial charge on any atom is -0.365 e. The lowest BCUT2D eigenvalue weighted by molar-refractivity contribution is 0.100. The van der Waals surface area contributed by atoms with Gasteiger partial charge in [-0.2, -0.15) is 0 Å². The number of primary amides is 1. The Hall–Kier alpha value is -2.14. The zero-order valence-corrected chi connectivity index (χ0v) is 12.2. The van der Waals surface area contributed by atoms with Crippen LogP contribution >= 0.6 is 0 Å². The van der Waals surface area contributed by atoms with Crippen LogP contribution in [0.5, 0.6) is 0 Å². The Balaban J connectivity index is 1.98. The fourth-order valence-corrected chi connectivity index (χ4v) is 2.91. The number of hydrogen-bond donors (Lipinski definition) is 2. The van der Waals surface area contributed by atoms with E-state index in [1.54, 1.807) is 0 Å². The second kappa shape index (κ2) is 5.69. The lowest BCUT2D eigenvalue weighted by Crippen LogP contribution is -2.36. The average molecular weight is 284 g/mol. The van der Waals surface area contributed by atoms with E-state index in [4.69, 9.17) is 5.73 Å². The Bertz CT molecular complexity index is 664. The van der Waals surface area contributed by atoms with Gasteiger partial charge in [-0.3, -0.25) is 4.79 Å². The highest BCUT2D eigenvalue weighted by Crippen LogP contribution is 2.23. The second-order valence-corrected chi connectivity index (χ2v) is 5.59. The van der Waals surface area contributed by atoms with E-state index in [1.807, 2.05) is 42.3 Å². The monoisotopic (exact) mass is 284 g/mol. The Kier molecular flexibility index (Phi) is 3.75. The van der Waals surface area contributed by atoms with Crippen molar-refractivity contribution in [2.24, 2.45) is 5.73 Å². The molecule has 1 aliphatic heterocycles. The maximum atomic E-state index is 11.7. The van der Waals surface area contributed by atoms with Crippen LogP contribution in [-0.2, 0) is 0 Å². The van der Waals surface area contributed by atoms with Gasteiger partial charge >= 0.3 is 0 Å². The van der Waals surface area contributed by atoms with Crippen LogP contribution in [0, 0.1) is 0 Å². The summed E-state index contributed by atoms with van der Waals surface area (Å²) in [7, 11) is 1.96. The number of pyridine rings is 1. The number of carbonyl (C=O) groups is 1. The molecule has 0 spiro atoms. The van der Waals surface area contributed by atoms with Gasteiger partial charge < -0.3 is 16.0 Å². The maximum absolute atomic E-state index is 11.7. The summed E-state index contributed by atoms with van der Waals surface area (Å²) in [5.74, 6) is 0.226. The molecule has 5 heteroatoms. The maximum Gasteiger partial charge on any atom is 0.252 e. The molecule has 21 heavy (non-hydrogen) atoms. The van der Waals surface area contributed by atoms with Crippen LogP contribution in [0.2, 0.25) is 0 Å². The summed E-state index contributed by atoms with van der Waals surface area (Å²) >= 11 is 0. The van der Waals surface area contributed by atoms with E-state index in [0.29, 0.717) is 17.4 Å². The number of anilines is 1. The number of para-hydroxylation sites is 1. The van der Waals surface area contributed by atoms with Gasteiger partial charge in [0.2, 0.25) is 0 Å². The molecule has 0 bridgehead atoms. The van der Waals surface area contributed by atoms with E-state index in [9.17, 15) is 4.79 Å². The molecule has 1 atom stereocenters. The summed E-state index contributed by atoms with van der Waals surface area (Å²) in [6.45, 7) is 1.89. The Labute approximate surface area is 124 Å². The number of benzene rings is 1. The van der Waals surface area contributed by atoms with Gasteiger partial charge in [0, 0.05) is 25.0 Å². The van der Waals surface area contributed by atoms with Gasteiger partial charge in [-0.05, 0) is 31.5 Å². The first-order valence-electron chi connectivity index (χ1n) is 7.29. The zero-order chi connectivity index (χ0) is 14.8. The molecule has 2 aromatic rings. The normalized spacial score (nSPS) is 18.0. The van der Waals surface area contributed by atoms with E-state index in [-0.39, 0.29) is 0 Å². The second-order valence-electron chi connectivity index (χ2n) is 5.59. The number of aromatic nitrogens is 1. The molecule has 3 N–H and O–H groups in total. The van der Waals surface area contributed by atoms with Crippen LogP contribution in [0.25, 0.3) is 10.9 Å². The molecule has 110 valence electrons. The van der Waals surface area contributed by atoms with Crippen molar-refractivity contribution in [1.29, 1.82) is 0 Å². The van der Waals surface area contributed by atoms with Crippen molar-refractivity contribution in [3.8, 4) is 0 Å². The smallest absolute Gasteiger partial charge is 0.252 e. The van der Waals surface area contributed by atoms with Crippen molar-refractivity contribution >= 4 is 22.6 Å². The van der Waals surface area contributed by atoms with Crippen LogP contribution < -0.4 is 16.0 Å². The third-order valence-electron chi connectivity index (χ3n) is 3.99. The first-order chi connectivity index (χ1) is 10.1. The lowest BCUT2D eigenvalue weighted by Gasteiger charge is -2.24. The molecular formula is C16H20N4O. The van der Waals surface area contributed by atoms with Gasteiger partial charge in [0.15, 0.2) is 0 Å².